The van der Waals surface area contributed by atoms with Crippen LogP contribution in [-0.4, -0.2) is 45.7 Å². The van der Waals surface area contributed by atoms with E-state index in [4.69, 9.17) is 14.2 Å². The first-order chi connectivity index (χ1) is 13.6. The van der Waals surface area contributed by atoms with Gasteiger partial charge in [-0.15, -0.1) is 0 Å². The highest BCUT2D eigenvalue weighted by atomic mass is 16.5. The van der Waals surface area contributed by atoms with Gasteiger partial charge in [0.25, 0.3) is 0 Å². The zero-order valence-electron chi connectivity index (χ0n) is 16.2. The number of benzene rings is 2. The van der Waals surface area contributed by atoms with Crippen LogP contribution in [0.2, 0.25) is 0 Å². The van der Waals surface area contributed by atoms with E-state index in [0.717, 1.165) is 11.3 Å². The van der Waals surface area contributed by atoms with Crippen LogP contribution >= 0.6 is 0 Å². The molecule has 0 radical (unpaired) electrons. The number of hydrogen-bond donors (Lipinski definition) is 1. The van der Waals surface area contributed by atoms with E-state index in [2.05, 4.69) is 5.32 Å². The molecule has 2 aromatic carbocycles. The Kier molecular flexibility index (Phi) is 6.31. The standard InChI is InChI=1S/C22H25NO5/c1-26-18-7-3-16(4-8-18)20(24)15-23-21(25)22(11-13-28-14-12-22)17-5-9-19(27-2)10-6-17/h3-10H,11-15H2,1-2H3,(H,23,25). The number of ether oxygens (including phenoxy) is 3. The summed E-state index contributed by atoms with van der Waals surface area (Å²) in [5.74, 6) is 1.12. The second-order valence-corrected chi connectivity index (χ2v) is 6.76. The number of hydrogen-bond acceptors (Lipinski definition) is 5. The summed E-state index contributed by atoms with van der Waals surface area (Å²) >= 11 is 0. The van der Waals surface area contributed by atoms with Crippen LogP contribution in [0.1, 0.15) is 28.8 Å². The van der Waals surface area contributed by atoms with Gasteiger partial charge in [-0.1, -0.05) is 12.1 Å². The van der Waals surface area contributed by atoms with E-state index in [9.17, 15) is 9.59 Å². The first-order valence-corrected chi connectivity index (χ1v) is 9.27. The second-order valence-electron chi connectivity index (χ2n) is 6.76. The average molecular weight is 383 g/mol. The number of Topliss-reactive ketones (excluding diaryl/α,β-unsaturated/α-hetero) is 1. The van der Waals surface area contributed by atoms with Gasteiger partial charge in [-0.3, -0.25) is 9.59 Å². The average Bonchev–Trinajstić information content (AvgIpc) is 2.77. The van der Waals surface area contributed by atoms with Crippen LogP contribution in [0.3, 0.4) is 0 Å². The molecule has 0 bridgehead atoms. The van der Waals surface area contributed by atoms with Gasteiger partial charge in [-0.25, -0.2) is 0 Å². The molecule has 1 fully saturated rings. The van der Waals surface area contributed by atoms with Gasteiger partial charge in [-0.2, -0.15) is 0 Å². The molecule has 1 N–H and O–H groups in total. The number of ketones is 1. The minimum absolute atomic E-state index is 0.0517. The lowest BCUT2D eigenvalue weighted by Gasteiger charge is -2.36. The van der Waals surface area contributed by atoms with Crippen molar-refractivity contribution in [3.05, 3.63) is 59.7 Å². The van der Waals surface area contributed by atoms with Gasteiger partial charge in [0.1, 0.15) is 11.5 Å². The summed E-state index contributed by atoms with van der Waals surface area (Å²) in [4.78, 5) is 25.6. The van der Waals surface area contributed by atoms with Gasteiger partial charge < -0.3 is 19.5 Å². The van der Waals surface area contributed by atoms with Crippen LogP contribution in [0.25, 0.3) is 0 Å². The van der Waals surface area contributed by atoms with Crippen molar-refractivity contribution in [2.45, 2.75) is 18.3 Å². The van der Waals surface area contributed by atoms with Crippen molar-refractivity contribution in [1.82, 2.24) is 5.32 Å². The maximum Gasteiger partial charge on any atom is 0.231 e. The lowest BCUT2D eigenvalue weighted by molar-refractivity contribution is -0.130. The number of carbonyl (C=O) groups excluding carboxylic acids is 2. The molecule has 0 aliphatic carbocycles. The molecular formula is C22H25NO5. The zero-order chi connectivity index (χ0) is 20.0. The summed E-state index contributed by atoms with van der Waals surface area (Å²) in [6.07, 6.45) is 1.14. The molecule has 0 spiro atoms. The molecule has 0 atom stereocenters. The van der Waals surface area contributed by atoms with E-state index in [0.29, 0.717) is 37.4 Å². The molecule has 1 aliphatic heterocycles. The fraction of sp³-hybridized carbons (Fsp3) is 0.364. The van der Waals surface area contributed by atoms with Crippen molar-refractivity contribution in [3.63, 3.8) is 0 Å². The maximum atomic E-state index is 13.1. The summed E-state index contributed by atoms with van der Waals surface area (Å²) in [7, 11) is 3.18. The van der Waals surface area contributed by atoms with Gasteiger partial charge in [0, 0.05) is 18.8 Å². The summed E-state index contributed by atoms with van der Waals surface area (Å²) < 4.78 is 15.8. The van der Waals surface area contributed by atoms with Gasteiger partial charge in [-0.05, 0) is 54.8 Å². The molecule has 1 amide bonds. The topological polar surface area (TPSA) is 73.9 Å². The predicted octanol–water partition coefficient (Wildman–Crippen LogP) is 2.75. The Labute approximate surface area is 164 Å². The van der Waals surface area contributed by atoms with Gasteiger partial charge in [0.2, 0.25) is 5.91 Å². The molecule has 1 aliphatic rings. The molecule has 3 rings (SSSR count). The molecule has 2 aromatic rings. The van der Waals surface area contributed by atoms with Crippen molar-refractivity contribution < 1.29 is 23.8 Å². The lowest BCUT2D eigenvalue weighted by Crippen LogP contribution is -2.49. The van der Waals surface area contributed by atoms with E-state index < -0.39 is 5.41 Å². The molecule has 1 saturated heterocycles. The molecule has 28 heavy (non-hydrogen) atoms. The van der Waals surface area contributed by atoms with E-state index in [1.165, 1.54) is 0 Å². The molecule has 6 heteroatoms. The maximum absolute atomic E-state index is 13.1. The quantitative estimate of drug-likeness (QED) is 0.745. The van der Waals surface area contributed by atoms with Crippen molar-refractivity contribution in [1.29, 1.82) is 0 Å². The van der Waals surface area contributed by atoms with Crippen LogP contribution in [-0.2, 0) is 14.9 Å². The first kappa shape index (κ1) is 19.9. The smallest absolute Gasteiger partial charge is 0.231 e. The fourth-order valence-electron chi connectivity index (χ4n) is 3.49. The number of nitrogens with one attached hydrogen (secondary N) is 1. The van der Waals surface area contributed by atoms with Crippen molar-refractivity contribution in [2.75, 3.05) is 34.0 Å². The second kappa shape index (κ2) is 8.89. The molecule has 148 valence electrons. The third kappa shape index (κ3) is 4.17. The minimum Gasteiger partial charge on any atom is -0.497 e. The third-order valence-corrected chi connectivity index (χ3v) is 5.25. The number of methoxy groups -OCH3 is 2. The Bertz CT molecular complexity index is 808. The highest BCUT2D eigenvalue weighted by molar-refractivity contribution is 6.00. The van der Waals surface area contributed by atoms with Gasteiger partial charge in [0.05, 0.1) is 26.2 Å². The Morgan fingerprint density at radius 1 is 0.929 bits per heavy atom. The van der Waals surface area contributed by atoms with Crippen LogP contribution in [0, 0.1) is 0 Å². The largest absolute Gasteiger partial charge is 0.497 e. The summed E-state index contributed by atoms with van der Waals surface area (Å²) in [6, 6.07) is 14.4. The number of carbonyl (C=O) groups is 2. The van der Waals surface area contributed by atoms with Crippen LogP contribution in [0.4, 0.5) is 0 Å². The first-order valence-electron chi connectivity index (χ1n) is 9.27. The summed E-state index contributed by atoms with van der Waals surface area (Å²) in [5, 5.41) is 2.84. The molecule has 0 saturated carbocycles. The zero-order valence-corrected chi connectivity index (χ0v) is 16.2. The molecule has 0 aromatic heterocycles. The van der Waals surface area contributed by atoms with Crippen LogP contribution < -0.4 is 14.8 Å². The Morgan fingerprint density at radius 3 is 2.00 bits per heavy atom. The summed E-state index contributed by atoms with van der Waals surface area (Å²) in [6.45, 7) is 0.960. The monoisotopic (exact) mass is 383 g/mol. The fourth-order valence-corrected chi connectivity index (χ4v) is 3.49. The highest BCUT2D eigenvalue weighted by Crippen LogP contribution is 2.36. The van der Waals surface area contributed by atoms with Crippen molar-refractivity contribution >= 4 is 11.7 Å². The van der Waals surface area contributed by atoms with E-state index >= 15 is 0 Å². The van der Waals surface area contributed by atoms with Crippen molar-refractivity contribution in [2.24, 2.45) is 0 Å². The Morgan fingerprint density at radius 2 is 1.46 bits per heavy atom. The minimum atomic E-state index is -0.704. The van der Waals surface area contributed by atoms with E-state index in [-0.39, 0.29) is 18.2 Å². The SMILES string of the molecule is COc1ccc(C(=O)CNC(=O)C2(c3ccc(OC)cc3)CCOCC2)cc1. The highest BCUT2D eigenvalue weighted by Gasteiger charge is 2.41. The third-order valence-electron chi connectivity index (χ3n) is 5.25. The molecule has 6 nitrogen and oxygen atoms in total. The van der Waals surface area contributed by atoms with E-state index in [1.54, 1.807) is 38.5 Å². The number of rotatable bonds is 7. The Hall–Kier alpha value is -2.86. The van der Waals surface area contributed by atoms with Crippen molar-refractivity contribution in [3.8, 4) is 11.5 Å². The Balaban J connectivity index is 1.73. The predicted molar refractivity (Wildman–Crippen MR) is 105 cm³/mol. The van der Waals surface area contributed by atoms with Crippen LogP contribution in [0.15, 0.2) is 48.5 Å². The van der Waals surface area contributed by atoms with Crippen LogP contribution in [0.5, 0.6) is 11.5 Å². The molecule has 0 unspecified atom stereocenters. The number of amides is 1. The van der Waals surface area contributed by atoms with E-state index in [1.807, 2.05) is 24.3 Å². The van der Waals surface area contributed by atoms with Gasteiger partial charge in [0.15, 0.2) is 5.78 Å². The molecular weight excluding hydrogens is 358 g/mol. The normalized spacial score (nSPS) is 15.5. The lowest BCUT2D eigenvalue weighted by atomic mass is 9.73. The summed E-state index contributed by atoms with van der Waals surface area (Å²) in [5.41, 5.74) is 0.739. The molecule has 1 heterocycles. The van der Waals surface area contributed by atoms with Gasteiger partial charge >= 0.3 is 0 Å².